The third-order valence-corrected chi connectivity index (χ3v) is 4.14. The van der Waals surface area contributed by atoms with E-state index in [2.05, 4.69) is 5.32 Å². The van der Waals surface area contributed by atoms with Crippen LogP contribution in [-0.2, 0) is 14.3 Å². The van der Waals surface area contributed by atoms with Crippen molar-refractivity contribution >= 4 is 23.3 Å². The molecule has 0 saturated carbocycles. The molecule has 0 bridgehead atoms. The zero-order chi connectivity index (χ0) is 20.8. The molecule has 2 rings (SSSR count). The maximum absolute atomic E-state index is 12.0. The highest BCUT2D eigenvalue weighted by Gasteiger charge is 2.18. The number of hydrogen-bond acceptors (Lipinski definition) is 6. The number of nitrogens with one attached hydrogen (secondary N) is 1. The Morgan fingerprint density at radius 2 is 1.68 bits per heavy atom. The molecule has 1 N–H and O–H groups in total. The summed E-state index contributed by atoms with van der Waals surface area (Å²) in [6.45, 7) is 6.36. The molecule has 8 nitrogen and oxygen atoms in total. The first-order valence-corrected chi connectivity index (χ1v) is 8.58. The minimum atomic E-state index is -0.717. The van der Waals surface area contributed by atoms with Crippen molar-refractivity contribution in [2.45, 2.75) is 27.7 Å². The van der Waals surface area contributed by atoms with Gasteiger partial charge in [0.15, 0.2) is 13.2 Å². The first kappa shape index (κ1) is 20.9. The fourth-order valence-corrected chi connectivity index (χ4v) is 2.43. The summed E-state index contributed by atoms with van der Waals surface area (Å²) in [4.78, 5) is 34.4. The summed E-state index contributed by atoms with van der Waals surface area (Å²) in [5.74, 6) is -0.829. The average Bonchev–Trinajstić information content (AvgIpc) is 2.63. The number of carbonyl (C=O) groups excluding carboxylic acids is 2. The number of hydrogen-bond donors (Lipinski definition) is 1. The summed E-state index contributed by atoms with van der Waals surface area (Å²) < 4.78 is 10.3. The van der Waals surface area contributed by atoms with Gasteiger partial charge in [-0.05, 0) is 62.1 Å². The summed E-state index contributed by atoms with van der Waals surface area (Å²) in [6.07, 6.45) is 0. The van der Waals surface area contributed by atoms with Crippen LogP contribution in [0, 0.1) is 37.8 Å². The van der Waals surface area contributed by atoms with Crippen LogP contribution in [-0.4, -0.2) is 30.0 Å². The van der Waals surface area contributed by atoms with Crippen LogP contribution in [0.3, 0.4) is 0 Å². The third kappa shape index (κ3) is 5.54. The molecule has 0 aliphatic rings. The summed E-state index contributed by atoms with van der Waals surface area (Å²) in [5, 5.41) is 13.6. The number of nitro benzene ring substituents is 1. The van der Waals surface area contributed by atoms with Crippen molar-refractivity contribution in [1.29, 1.82) is 0 Å². The predicted octanol–water partition coefficient (Wildman–Crippen LogP) is 3.39. The van der Waals surface area contributed by atoms with Gasteiger partial charge in [-0.3, -0.25) is 14.9 Å². The Labute approximate surface area is 162 Å². The van der Waals surface area contributed by atoms with Crippen LogP contribution in [0.4, 0.5) is 11.4 Å². The lowest BCUT2D eigenvalue weighted by Gasteiger charge is -2.11. The second kappa shape index (κ2) is 8.98. The second-order valence-electron chi connectivity index (χ2n) is 6.48. The number of nitrogens with zero attached hydrogens (tertiary/aromatic N) is 1. The highest BCUT2D eigenvalue weighted by atomic mass is 16.6. The third-order valence-electron chi connectivity index (χ3n) is 4.14. The number of ether oxygens (including phenoxy) is 2. The topological polar surface area (TPSA) is 108 Å². The molecule has 0 aromatic heterocycles. The van der Waals surface area contributed by atoms with Crippen molar-refractivity contribution in [1.82, 2.24) is 0 Å². The Morgan fingerprint density at radius 1 is 1.00 bits per heavy atom. The van der Waals surface area contributed by atoms with Gasteiger partial charge in [-0.15, -0.1) is 0 Å². The summed E-state index contributed by atoms with van der Waals surface area (Å²) in [7, 11) is 0. The number of esters is 1. The van der Waals surface area contributed by atoms with E-state index in [-0.39, 0.29) is 18.0 Å². The number of amides is 1. The fraction of sp³-hybridized carbons (Fsp3) is 0.300. The van der Waals surface area contributed by atoms with E-state index in [0.29, 0.717) is 5.75 Å². The lowest BCUT2D eigenvalue weighted by Crippen LogP contribution is -2.24. The highest BCUT2D eigenvalue weighted by molar-refractivity contribution is 5.95. The number of nitro groups is 1. The van der Waals surface area contributed by atoms with E-state index in [9.17, 15) is 19.7 Å². The number of anilines is 1. The van der Waals surface area contributed by atoms with E-state index < -0.39 is 23.4 Å². The molecule has 2 aromatic carbocycles. The number of rotatable bonds is 7. The molecule has 0 saturated heterocycles. The fourth-order valence-electron chi connectivity index (χ4n) is 2.43. The van der Waals surface area contributed by atoms with Crippen molar-refractivity contribution in [2.24, 2.45) is 0 Å². The standard InChI is InChI=1S/C20H22N2O6/c1-12-5-6-13(2)18(7-12)27-11-20(24)28-10-19(23)21-16-8-14(3)15(4)9-17(16)22(25)26/h5-9H,10-11H2,1-4H3,(H,21,23). The molecule has 0 atom stereocenters. The molecule has 8 heteroatoms. The first-order chi connectivity index (χ1) is 13.2. The van der Waals surface area contributed by atoms with Crippen LogP contribution < -0.4 is 10.1 Å². The van der Waals surface area contributed by atoms with Gasteiger partial charge in [0.1, 0.15) is 11.4 Å². The Balaban J connectivity index is 1.90. The monoisotopic (exact) mass is 386 g/mol. The van der Waals surface area contributed by atoms with Gasteiger partial charge in [-0.2, -0.15) is 0 Å². The summed E-state index contributed by atoms with van der Waals surface area (Å²) in [6, 6.07) is 8.50. The van der Waals surface area contributed by atoms with Crippen LogP contribution in [0.15, 0.2) is 30.3 Å². The minimum absolute atomic E-state index is 0.0563. The van der Waals surface area contributed by atoms with E-state index in [1.807, 2.05) is 26.0 Å². The minimum Gasteiger partial charge on any atom is -0.482 e. The van der Waals surface area contributed by atoms with Crippen molar-refractivity contribution in [2.75, 3.05) is 18.5 Å². The maximum atomic E-state index is 12.0. The average molecular weight is 386 g/mol. The lowest BCUT2D eigenvalue weighted by atomic mass is 10.1. The van der Waals surface area contributed by atoms with E-state index >= 15 is 0 Å². The molecule has 0 unspecified atom stereocenters. The molecule has 148 valence electrons. The van der Waals surface area contributed by atoms with E-state index in [4.69, 9.17) is 9.47 Å². The smallest absolute Gasteiger partial charge is 0.344 e. The molecule has 0 heterocycles. The molecule has 1 amide bonds. The highest BCUT2D eigenvalue weighted by Crippen LogP contribution is 2.27. The largest absolute Gasteiger partial charge is 0.482 e. The molecule has 0 aliphatic carbocycles. The normalized spacial score (nSPS) is 10.3. The molecule has 28 heavy (non-hydrogen) atoms. The van der Waals surface area contributed by atoms with Crippen molar-refractivity contribution in [3.8, 4) is 5.75 Å². The predicted molar refractivity (Wildman–Crippen MR) is 104 cm³/mol. The molecular weight excluding hydrogens is 364 g/mol. The molecular formula is C20H22N2O6. The molecule has 2 aromatic rings. The van der Waals surface area contributed by atoms with Gasteiger partial charge in [0.2, 0.25) is 0 Å². The van der Waals surface area contributed by atoms with Gasteiger partial charge in [0.25, 0.3) is 11.6 Å². The van der Waals surface area contributed by atoms with E-state index in [1.54, 1.807) is 19.9 Å². The van der Waals surface area contributed by atoms with Gasteiger partial charge >= 0.3 is 5.97 Å². The van der Waals surface area contributed by atoms with Crippen LogP contribution in [0.5, 0.6) is 5.75 Å². The molecule has 0 aliphatic heterocycles. The molecule has 0 radical (unpaired) electrons. The second-order valence-corrected chi connectivity index (χ2v) is 6.48. The Hall–Kier alpha value is -3.42. The van der Waals surface area contributed by atoms with Gasteiger partial charge in [0.05, 0.1) is 4.92 Å². The van der Waals surface area contributed by atoms with Crippen molar-refractivity contribution in [3.63, 3.8) is 0 Å². The van der Waals surface area contributed by atoms with Crippen molar-refractivity contribution in [3.05, 3.63) is 62.7 Å². The first-order valence-electron chi connectivity index (χ1n) is 8.58. The molecule has 0 spiro atoms. The molecule has 0 fully saturated rings. The SMILES string of the molecule is Cc1ccc(C)c(OCC(=O)OCC(=O)Nc2cc(C)c(C)cc2[N+](=O)[O-])c1. The van der Waals surface area contributed by atoms with Crippen LogP contribution >= 0.6 is 0 Å². The van der Waals surface area contributed by atoms with E-state index in [0.717, 1.165) is 22.3 Å². The maximum Gasteiger partial charge on any atom is 0.344 e. The van der Waals surface area contributed by atoms with Gasteiger partial charge in [0, 0.05) is 6.07 Å². The zero-order valence-electron chi connectivity index (χ0n) is 16.2. The quantitative estimate of drug-likeness (QED) is 0.444. The van der Waals surface area contributed by atoms with Crippen LogP contribution in [0.2, 0.25) is 0 Å². The summed E-state index contributed by atoms with van der Waals surface area (Å²) >= 11 is 0. The van der Waals surface area contributed by atoms with Gasteiger partial charge in [-0.25, -0.2) is 4.79 Å². The number of carbonyl (C=O) groups is 2. The lowest BCUT2D eigenvalue weighted by molar-refractivity contribution is -0.384. The van der Waals surface area contributed by atoms with Crippen LogP contribution in [0.25, 0.3) is 0 Å². The zero-order valence-corrected chi connectivity index (χ0v) is 16.2. The van der Waals surface area contributed by atoms with Gasteiger partial charge in [-0.1, -0.05) is 12.1 Å². The number of benzene rings is 2. The van der Waals surface area contributed by atoms with E-state index in [1.165, 1.54) is 12.1 Å². The number of aryl methyl sites for hydroxylation is 4. The Bertz CT molecular complexity index is 923. The van der Waals surface area contributed by atoms with Crippen molar-refractivity contribution < 1.29 is 24.0 Å². The Kier molecular flexibility index (Phi) is 6.70. The Morgan fingerprint density at radius 3 is 2.36 bits per heavy atom. The van der Waals surface area contributed by atoms with Gasteiger partial charge < -0.3 is 14.8 Å². The summed E-state index contributed by atoms with van der Waals surface area (Å²) in [5.41, 5.74) is 3.22. The van der Waals surface area contributed by atoms with Crippen LogP contribution in [0.1, 0.15) is 22.3 Å².